The third-order valence-corrected chi connectivity index (χ3v) is 3.08. The molecule has 74 valence electrons. The van der Waals surface area contributed by atoms with Gasteiger partial charge in [-0.15, -0.1) is 11.3 Å². The number of rotatable bonds is 4. The van der Waals surface area contributed by atoms with Crippen molar-refractivity contribution in [3.05, 3.63) is 22.8 Å². The van der Waals surface area contributed by atoms with Gasteiger partial charge in [0.1, 0.15) is 5.00 Å². The minimum atomic E-state index is 0.737. The minimum Gasteiger partial charge on any atom is -0.389 e. The van der Waals surface area contributed by atoms with Crippen molar-refractivity contribution in [1.82, 2.24) is 9.97 Å². The molecule has 2 rings (SSSR count). The van der Waals surface area contributed by atoms with E-state index < -0.39 is 0 Å². The number of hydrogen-bond acceptors (Lipinski definition) is 6. The van der Waals surface area contributed by atoms with Crippen molar-refractivity contribution in [2.45, 2.75) is 6.42 Å². The van der Waals surface area contributed by atoms with Crippen molar-refractivity contribution in [2.75, 3.05) is 17.6 Å². The zero-order valence-electron chi connectivity index (χ0n) is 7.43. The van der Waals surface area contributed by atoms with E-state index in [1.165, 1.54) is 11.3 Å². The van der Waals surface area contributed by atoms with Crippen LogP contribution in [0.2, 0.25) is 0 Å². The van der Waals surface area contributed by atoms with Gasteiger partial charge in [-0.2, -0.15) is 0 Å². The summed E-state index contributed by atoms with van der Waals surface area (Å²) in [7, 11) is 0. The average Bonchev–Trinajstić information content (AvgIpc) is 2.77. The third kappa shape index (κ3) is 2.43. The molecule has 0 saturated heterocycles. The van der Waals surface area contributed by atoms with E-state index in [0.29, 0.717) is 0 Å². The lowest BCUT2D eigenvalue weighted by atomic mass is 10.3. The number of anilines is 2. The number of hydrogen-bond donors (Lipinski definition) is 2. The van der Waals surface area contributed by atoms with Crippen LogP contribution in [-0.2, 0) is 6.42 Å². The second-order valence-electron chi connectivity index (χ2n) is 2.72. The summed E-state index contributed by atoms with van der Waals surface area (Å²) in [5.74, 6) is 0. The molecular weight excluding hydrogens is 216 g/mol. The quantitative estimate of drug-likeness (QED) is 0.835. The Labute approximate surface area is 89.8 Å². The van der Waals surface area contributed by atoms with Crippen molar-refractivity contribution in [2.24, 2.45) is 0 Å². The first-order valence-corrected chi connectivity index (χ1v) is 5.93. The van der Waals surface area contributed by atoms with Gasteiger partial charge in [-0.1, -0.05) is 11.3 Å². The molecule has 2 aromatic rings. The summed E-state index contributed by atoms with van der Waals surface area (Å²) in [4.78, 5) is 8.29. The highest BCUT2D eigenvalue weighted by atomic mass is 32.1. The number of aromatic nitrogens is 2. The van der Waals surface area contributed by atoms with Gasteiger partial charge in [-0.3, -0.25) is 0 Å². The van der Waals surface area contributed by atoms with Gasteiger partial charge in [0.15, 0.2) is 5.13 Å². The predicted octanol–water partition coefficient (Wildman–Crippen LogP) is 1.84. The Morgan fingerprint density at radius 2 is 2.36 bits per heavy atom. The van der Waals surface area contributed by atoms with Crippen LogP contribution in [0.3, 0.4) is 0 Å². The van der Waals surface area contributed by atoms with Crippen LogP contribution in [0.4, 0.5) is 10.1 Å². The predicted molar refractivity (Wildman–Crippen MR) is 60.8 cm³/mol. The number of nitrogen functional groups attached to an aromatic ring is 1. The summed E-state index contributed by atoms with van der Waals surface area (Å²) in [6, 6.07) is 0. The molecule has 0 aliphatic carbocycles. The van der Waals surface area contributed by atoms with Crippen molar-refractivity contribution >= 4 is 32.8 Å². The molecule has 0 unspecified atom stereocenters. The molecular formula is C8H10N4S2. The van der Waals surface area contributed by atoms with Crippen molar-refractivity contribution in [3.63, 3.8) is 0 Å². The van der Waals surface area contributed by atoms with E-state index in [9.17, 15) is 0 Å². The number of thiazole rings is 2. The van der Waals surface area contributed by atoms with Gasteiger partial charge in [0.05, 0.1) is 17.4 Å². The molecule has 0 spiro atoms. The number of nitrogens with one attached hydrogen (secondary N) is 1. The van der Waals surface area contributed by atoms with Crippen molar-refractivity contribution in [3.8, 4) is 0 Å². The van der Waals surface area contributed by atoms with Gasteiger partial charge < -0.3 is 11.1 Å². The number of nitrogens with zero attached hydrogens (tertiary/aromatic N) is 2. The smallest absolute Gasteiger partial charge is 0.184 e. The maximum absolute atomic E-state index is 5.55. The second-order valence-corrected chi connectivity index (χ2v) is 4.51. The third-order valence-electron chi connectivity index (χ3n) is 1.66. The highest BCUT2D eigenvalue weighted by Crippen LogP contribution is 2.19. The Hall–Kier alpha value is -1.14. The first-order valence-electron chi connectivity index (χ1n) is 4.17. The first-order chi connectivity index (χ1) is 6.84. The molecule has 3 N–H and O–H groups in total. The van der Waals surface area contributed by atoms with E-state index in [2.05, 4.69) is 20.7 Å². The SMILES string of the molecule is Nc1cnc(NCCc2cscn2)s1. The second kappa shape index (κ2) is 4.39. The average molecular weight is 226 g/mol. The molecule has 0 bridgehead atoms. The van der Waals surface area contributed by atoms with Crippen LogP contribution < -0.4 is 11.1 Å². The molecule has 0 amide bonds. The molecule has 6 heteroatoms. The Morgan fingerprint density at radius 1 is 1.43 bits per heavy atom. The fourth-order valence-corrected chi connectivity index (χ4v) is 2.23. The standard InChI is InChI=1S/C8H10N4S2/c9-7-3-11-8(14-7)10-2-1-6-4-13-5-12-6/h3-5H,1-2,9H2,(H,10,11). The summed E-state index contributed by atoms with van der Waals surface area (Å²) < 4.78 is 0. The Morgan fingerprint density at radius 3 is 3.00 bits per heavy atom. The fourth-order valence-electron chi connectivity index (χ4n) is 1.03. The van der Waals surface area contributed by atoms with Crippen LogP contribution in [0, 0.1) is 0 Å². The lowest BCUT2D eigenvalue weighted by Crippen LogP contribution is -2.04. The normalized spacial score (nSPS) is 10.3. The van der Waals surface area contributed by atoms with Crippen LogP contribution in [-0.4, -0.2) is 16.5 Å². The van der Waals surface area contributed by atoms with Crippen LogP contribution >= 0.6 is 22.7 Å². The van der Waals surface area contributed by atoms with Crippen molar-refractivity contribution in [1.29, 1.82) is 0 Å². The van der Waals surface area contributed by atoms with Gasteiger partial charge >= 0.3 is 0 Å². The molecule has 0 aromatic carbocycles. The number of nitrogens with two attached hydrogens (primary N) is 1. The summed E-state index contributed by atoms with van der Waals surface area (Å²) in [6.45, 7) is 0.844. The van der Waals surface area contributed by atoms with Gasteiger partial charge in [0, 0.05) is 18.3 Å². The van der Waals surface area contributed by atoms with E-state index in [1.807, 2.05) is 5.51 Å². The fraction of sp³-hybridized carbons (Fsp3) is 0.250. The summed E-state index contributed by atoms with van der Waals surface area (Å²) in [5.41, 5.74) is 8.51. The van der Waals surface area contributed by atoms with Crippen LogP contribution in [0.5, 0.6) is 0 Å². The Bertz CT molecular complexity index is 382. The molecule has 4 nitrogen and oxygen atoms in total. The van der Waals surface area contributed by atoms with E-state index in [4.69, 9.17) is 5.73 Å². The lowest BCUT2D eigenvalue weighted by molar-refractivity contribution is 0.974. The molecule has 0 radical (unpaired) electrons. The van der Waals surface area contributed by atoms with E-state index in [-0.39, 0.29) is 0 Å². The molecule has 0 aliphatic rings. The molecule has 2 heterocycles. The molecule has 0 atom stereocenters. The Balaban J connectivity index is 1.78. The largest absolute Gasteiger partial charge is 0.389 e. The van der Waals surface area contributed by atoms with E-state index in [1.54, 1.807) is 17.5 Å². The maximum Gasteiger partial charge on any atom is 0.184 e. The highest BCUT2D eigenvalue weighted by molar-refractivity contribution is 7.19. The van der Waals surface area contributed by atoms with Crippen LogP contribution in [0.25, 0.3) is 0 Å². The van der Waals surface area contributed by atoms with E-state index in [0.717, 1.165) is 28.8 Å². The summed E-state index contributed by atoms with van der Waals surface area (Å²) in [5, 5.41) is 6.86. The molecule has 0 saturated carbocycles. The van der Waals surface area contributed by atoms with Gasteiger partial charge in [-0.05, 0) is 0 Å². The zero-order chi connectivity index (χ0) is 9.80. The lowest BCUT2D eigenvalue weighted by Gasteiger charge is -1.98. The highest BCUT2D eigenvalue weighted by Gasteiger charge is 1.98. The molecule has 0 fully saturated rings. The first kappa shape index (κ1) is 9.42. The monoisotopic (exact) mass is 226 g/mol. The van der Waals surface area contributed by atoms with E-state index >= 15 is 0 Å². The Kier molecular flexibility index (Phi) is 2.95. The van der Waals surface area contributed by atoms with Gasteiger partial charge in [0.25, 0.3) is 0 Å². The minimum absolute atomic E-state index is 0.737. The molecule has 0 aliphatic heterocycles. The zero-order valence-corrected chi connectivity index (χ0v) is 9.07. The topological polar surface area (TPSA) is 63.8 Å². The van der Waals surface area contributed by atoms with Crippen molar-refractivity contribution < 1.29 is 0 Å². The van der Waals surface area contributed by atoms with Crippen LogP contribution in [0.15, 0.2) is 17.1 Å². The summed E-state index contributed by atoms with van der Waals surface area (Å²) in [6.07, 6.45) is 2.58. The van der Waals surface area contributed by atoms with Gasteiger partial charge in [-0.25, -0.2) is 9.97 Å². The van der Waals surface area contributed by atoms with Crippen LogP contribution in [0.1, 0.15) is 5.69 Å². The summed E-state index contributed by atoms with van der Waals surface area (Å²) >= 11 is 3.08. The molecule has 14 heavy (non-hydrogen) atoms. The van der Waals surface area contributed by atoms with Gasteiger partial charge in [0.2, 0.25) is 0 Å². The molecule has 2 aromatic heterocycles. The maximum atomic E-state index is 5.55.